The lowest BCUT2D eigenvalue weighted by molar-refractivity contribution is -0.162. The Hall–Kier alpha value is -0.410. The van der Waals surface area contributed by atoms with Gasteiger partial charge in [0.25, 0.3) is 0 Å². The lowest BCUT2D eigenvalue weighted by Crippen LogP contribution is -2.33. The quantitative estimate of drug-likeness (QED) is 0.651. The third-order valence-electron chi connectivity index (χ3n) is 3.08. The van der Waals surface area contributed by atoms with Crippen molar-refractivity contribution in [2.75, 3.05) is 14.2 Å². The summed E-state index contributed by atoms with van der Waals surface area (Å²) in [5.41, 5.74) is 0. The molecule has 0 aromatic heterocycles. The smallest absolute Gasteiger partial charge is 0.217 e. The zero-order chi connectivity index (χ0) is 10.6. The number of hydrogen-bond acceptors (Lipinski definition) is 3. The van der Waals surface area contributed by atoms with Gasteiger partial charge in [-0.3, -0.25) is 4.79 Å². The Balaban J connectivity index is 2.44. The summed E-state index contributed by atoms with van der Waals surface area (Å²) in [6, 6.07) is 0. The van der Waals surface area contributed by atoms with Crippen LogP contribution in [-0.4, -0.2) is 26.3 Å². The van der Waals surface area contributed by atoms with Crippen LogP contribution in [0.4, 0.5) is 0 Å². The first kappa shape index (κ1) is 11.7. The molecule has 0 saturated heterocycles. The number of methoxy groups -OCH3 is 2. The molecule has 82 valence electrons. The van der Waals surface area contributed by atoms with Crippen LogP contribution in [0.5, 0.6) is 0 Å². The molecule has 3 nitrogen and oxygen atoms in total. The summed E-state index contributed by atoms with van der Waals surface area (Å²) in [4.78, 5) is 11.8. The first-order chi connectivity index (χ1) is 6.69. The standard InChI is InChI=1S/C11H20O3/c1-8-4-6-9(7-5-8)10(12)11(13-2)14-3/h8-9,11H,4-7H2,1-3H3. The average molecular weight is 200 g/mol. The lowest BCUT2D eigenvalue weighted by atomic mass is 9.81. The van der Waals surface area contributed by atoms with Crippen molar-refractivity contribution in [2.24, 2.45) is 11.8 Å². The van der Waals surface area contributed by atoms with Crippen molar-refractivity contribution in [1.82, 2.24) is 0 Å². The number of ether oxygens (including phenoxy) is 2. The summed E-state index contributed by atoms with van der Waals surface area (Å²) in [6.07, 6.45) is 3.62. The maximum atomic E-state index is 11.8. The lowest BCUT2D eigenvalue weighted by Gasteiger charge is -2.27. The van der Waals surface area contributed by atoms with E-state index in [-0.39, 0.29) is 11.7 Å². The fraction of sp³-hybridized carbons (Fsp3) is 0.909. The fourth-order valence-electron chi connectivity index (χ4n) is 2.07. The molecule has 0 aromatic rings. The van der Waals surface area contributed by atoms with Crippen LogP contribution in [0.2, 0.25) is 0 Å². The Morgan fingerprint density at radius 2 is 1.64 bits per heavy atom. The first-order valence-electron chi connectivity index (χ1n) is 5.28. The van der Waals surface area contributed by atoms with E-state index in [1.165, 1.54) is 14.2 Å². The van der Waals surface area contributed by atoms with Crippen LogP contribution < -0.4 is 0 Å². The number of Topliss-reactive ketones (excluding diaryl/α,β-unsaturated/α-hetero) is 1. The Morgan fingerprint density at radius 1 is 1.14 bits per heavy atom. The normalized spacial score (nSPS) is 28.0. The van der Waals surface area contributed by atoms with E-state index in [1.807, 2.05) is 0 Å². The molecule has 1 aliphatic rings. The minimum absolute atomic E-state index is 0.113. The van der Waals surface area contributed by atoms with Crippen molar-refractivity contribution in [3.05, 3.63) is 0 Å². The topological polar surface area (TPSA) is 35.5 Å². The predicted molar refractivity (Wildman–Crippen MR) is 53.9 cm³/mol. The molecule has 0 radical (unpaired) electrons. The Bertz CT molecular complexity index is 179. The number of rotatable bonds is 4. The molecule has 0 amide bonds. The highest BCUT2D eigenvalue weighted by molar-refractivity contribution is 5.84. The van der Waals surface area contributed by atoms with E-state index in [9.17, 15) is 4.79 Å². The minimum atomic E-state index is -0.659. The second-order valence-corrected chi connectivity index (χ2v) is 4.16. The van der Waals surface area contributed by atoms with Crippen LogP contribution in [0.1, 0.15) is 32.6 Å². The van der Waals surface area contributed by atoms with E-state index < -0.39 is 6.29 Å². The van der Waals surface area contributed by atoms with Gasteiger partial charge in [0.15, 0.2) is 5.78 Å². The van der Waals surface area contributed by atoms with Gasteiger partial charge in [-0.2, -0.15) is 0 Å². The molecule has 0 heterocycles. The van der Waals surface area contributed by atoms with E-state index in [4.69, 9.17) is 9.47 Å². The van der Waals surface area contributed by atoms with E-state index in [0.29, 0.717) is 0 Å². The highest BCUT2D eigenvalue weighted by Gasteiger charge is 2.29. The van der Waals surface area contributed by atoms with Crippen LogP contribution in [0.25, 0.3) is 0 Å². The maximum absolute atomic E-state index is 11.8. The summed E-state index contributed by atoms with van der Waals surface area (Å²) in [6.45, 7) is 2.24. The van der Waals surface area contributed by atoms with Crippen molar-refractivity contribution in [3.63, 3.8) is 0 Å². The van der Waals surface area contributed by atoms with Gasteiger partial charge in [-0.25, -0.2) is 0 Å². The number of hydrogen-bond donors (Lipinski definition) is 0. The Morgan fingerprint density at radius 3 is 2.07 bits per heavy atom. The summed E-state index contributed by atoms with van der Waals surface area (Å²) in [5, 5.41) is 0. The van der Waals surface area contributed by atoms with Gasteiger partial charge in [0.2, 0.25) is 6.29 Å². The van der Waals surface area contributed by atoms with E-state index in [1.54, 1.807) is 0 Å². The average Bonchev–Trinajstić information content (AvgIpc) is 2.20. The number of carbonyl (C=O) groups excluding carboxylic acids is 1. The monoisotopic (exact) mass is 200 g/mol. The summed E-state index contributed by atoms with van der Waals surface area (Å²) in [7, 11) is 3.02. The third-order valence-corrected chi connectivity index (χ3v) is 3.08. The molecule has 0 aromatic carbocycles. The zero-order valence-corrected chi connectivity index (χ0v) is 9.29. The van der Waals surface area contributed by atoms with Crippen LogP contribution in [-0.2, 0) is 14.3 Å². The van der Waals surface area contributed by atoms with E-state index >= 15 is 0 Å². The molecule has 0 aliphatic heterocycles. The second kappa shape index (κ2) is 5.47. The van der Waals surface area contributed by atoms with Gasteiger partial charge < -0.3 is 9.47 Å². The van der Waals surface area contributed by atoms with Gasteiger partial charge in [-0.1, -0.05) is 19.8 Å². The predicted octanol–water partition coefficient (Wildman–Crippen LogP) is 2.00. The fourth-order valence-corrected chi connectivity index (χ4v) is 2.07. The van der Waals surface area contributed by atoms with Crippen LogP contribution in [0.15, 0.2) is 0 Å². The van der Waals surface area contributed by atoms with Gasteiger partial charge in [-0.15, -0.1) is 0 Å². The van der Waals surface area contributed by atoms with Crippen molar-refractivity contribution in [3.8, 4) is 0 Å². The van der Waals surface area contributed by atoms with E-state index in [0.717, 1.165) is 31.6 Å². The van der Waals surface area contributed by atoms with Crippen molar-refractivity contribution >= 4 is 5.78 Å². The highest BCUT2D eigenvalue weighted by Crippen LogP contribution is 2.29. The molecule has 0 N–H and O–H groups in total. The van der Waals surface area contributed by atoms with Crippen molar-refractivity contribution < 1.29 is 14.3 Å². The maximum Gasteiger partial charge on any atom is 0.217 e. The number of ketones is 1. The molecule has 1 saturated carbocycles. The van der Waals surface area contributed by atoms with Gasteiger partial charge in [0, 0.05) is 20.1 Å². The molecule has 0 spiro atoms. The number of carbonyl (C=O) groups is 1. The van der Waals surface area contributed by atoms with Crippen LogP contribution >= 0.6 is 0 Å². The molecular weight excluding hydrogens is 180 g/mol. The molecular formula is C11H20O3. The van der Waals surface area contributed by atoms with Crippen molar-refractivity contribution in [1.29, 1.82) is 0 Å². The summed E-state index contributed by atoms with van der Waals surface area (Å²) in [5.74, 6) is 1.03. The van der Waals surface area contributed by atoms with Gasteiger partial charge in [0.1, 0.15) is 0 Å². The first-order valence-corrected chi connectivity index (χ1v) is 5.28. The van der Waals surface area contributed by atoms with Gasteiger partial charge in [-0.05, 0) is 18.8 Å². The summed E-state index contributed by atoms with van der Waals surface area (Å²) < 4.78 is 9.94. The Labute approximate surface area is 85.8 Å². The molecule has 0 bridgehead atoms. The third kappa shape index (κ3) is 2.79. The Kier molecular flexibility index (Phi) is 4.55. The minimum Gasteiger partial charge on any atom is -0.349 e. The molecule has 1 rings (SSSR count). The van der Waals surface area contributed by atoms with Crippen LogP contribution in [0, 0.1) is 11.8 Å². The molecule has 1 fully saturated rings. The summed E-state index contributed by atoms with van der Waals surface area (Å²) >= 11 is 0. The van der Waals surface area contributed by atoms with Crippen molar-refractivity contribution in [2.45, 2.75) is 38.9 Å². The molecule has 0 unspecified atom stereocenters. The second-order valence-electron chi connectivity index (χ2n) is 4.16. The molecule has 14 heavy (non-hydrogen) atoms. The molecule has 3 heteroatoms. The zero-order valence-electron chi connectivity index (χ0n) is 9.29. The van der Waals surface area contributed by atoms with Gasteiger partial charge >= 0.3 is 0 Å². The SMILES string of the molecule is COC(OC)C(=O)C1CCC(C)CC1. The van der Waals surface area contributed by atoms with Gasteiger partial charge in [0.05, 0.1) is 0 Å². The molecule has 0 atom stereocenters. The van der Waals surface area contributed by atoms with E-state index in [2.05, 4.69) is 6.92 Å². The molecule has 1 aliphatic carbocycles. The highest BCUT2D eigenvalue weighted by atomic mass is 16.7. The van der Waals surface area contributed by atoms with Crippen LogP contribution in [0.3, 0.4) is 0 Å². The largest absolute Gasteiger partial charge is 0.349 e.